The van der Waals surface area contributed by atoms with Crippen LogP contribution in [0.1, 0.15) is 6.92 Å². The van der Waals surface area contributed by atoms with Crippen LogP contribution in [0.15, 0.2) is 60.8 Å². The molecule has 23 heavy (non-hydrogen) atoms. The molecule has 0 bridgehead atoms. The van der Waals surface area contributed by atoms with E-state index < -0.39 is 0 Å². The lowest BCUT2D eigenvalue weighted by Gasteiger charge is -2.08. The lowest BCUT2D eigenvalue weighted by atomic mass is 10.2. The van der Waals surface area contributed by atoms with Crippen molar-refractivity contribution in [3.05, 3.63) is 60.8 Å². The van der Waals surface area contributed by atoms with Crippen molar-refractivity contribution >= 4 is 34.1 Å². The summed E-state index contributed by atoms with van der Waals surface area (Å²) in [5.74, 6) is -0.217. The number of carbonyl (C=O) groups excluding carboxylic acids is 2. The second kappa shape index (κ2) is 6.36. The van der Waals surface area contributed by atoms with E-state index in [1.807, 2.05) is 65.4 Å². The number of benzene rings is 2. The van der Waals surface area contributed by atoms with Gasteiger partial charge >= 0.3 is 0 Å². The summed E-state index contributed by atoms with van der Waals surface area (Å²) in [6.07, 6.45) is 1.85. The standard InChI is InChI=1S/C18H17N3O2/c1-13(22)19-16-8-5-9-17-15(16)10-11-21(17)12-18(23)20-14-6-3-2-4-7-14/h2-11H,12H2,1H3,(H,19,22)(H,20,23). The van der Waals surface area contributed by atoms with Crippen LogP contribution in [0.4, 0.5) is 11.4 Å². The number of rotatable bonds is 4. The van der Waals surface area contributed by atoms with E-state index in [4.69, 9.17) is 0 Å². The second-order valence-electron chi connectivity index (χ2n) is 5.28. The molecule has 0 spiro atoms. The largest absolute Gasteiger partial charge is 0.338 e. The van der Waals surface area contributed by atoms with Crippen LogP contribution in [0.25, 0.3) is 10.9 Å². The molecule has 0 radical (unpaired) electrons. The average Bonchev–Trinajstić information content (AvgIpc) is 2.92. The summed E-state index contributed by atoms with van der Waals surface area (Å²) in [5, 5.41) is 6.58. The Hall–Kier alpha value is -3.08. The summed E-state index contributed by atoms with van der Waals surface area (Å²) < 4.78 is 1.86. The first-order valence-electron chi connectivity index (χ1n) is 7.34. The van der Waals surface area contributed by atoms with E-state index in [1.165, 1.54) is 6.92 Å². The van der Waals surface area contributed by atoms with Crippen LogP contribution >= 0.6 is 0 Å². The van der Waals surface area contributed by atoms with Crippen molar-refractivity contribution in [2.24, 2.45) is 0 Å². The predicted molar refractivity (Wildman–Crippen MR) is 91.3 cm³/mol. The van der Waals surface area contributed by atoms with Gasteiger partial charge in [-0.15, -0.1) is 0 Å². The molecule has 0 saturated carbocycles. The maximum atomic E-state index is 12.2. The zero-order valence-corrected chi connectivity index (χ0v) is 12.7. The zero-order chi connectivity index (χ0) is 16.2. The summed E-state index contributed by atoms with van der Waals surface area (Å²) in [4.78, 5) is 23.4. The molecule has 0 aliphatic rings. The van der Waals surface area contributed by atoms with Gasteiger partial charge in [0.05, 0.1) is 11.2 Å². The Balaban J connectivity index is 1.81. The fraction of sp³-hybridized carbons (Fsp3) is 0.111. The highest BCUT2D eigenvalue weighted by molar-refractivity contribution is 6.01. The fourth-order valence-corrected chi connectivity index (χ4v) is 2.54. The fourth-order valence-electron chi connectivity index (χ4n) is 2.54. The summed E-state index contributed by atoms with van der Waals surface area (Å²) in [5.41, 5.74) is 2.42. The smallest absolute Gasteiger partial charge is 0.244 e. The van der Waals surface area contributed by atoms with Crippen LogP contribution in [0.5, 0.6) is 0 Å². The third kappa shape index (κ3) is 3.40. The number of hydrogen-bond acceptors (Lipinski definition) is 2. The molecule has 3 rings (SSSR count). The van der Waals surface area contributed by atoms with Gasteiger partial charge in [0.1, 0.15) is 6.54 Å². The molecular weight excluding hydrogens is 290 g/mol. The molecule has 0 atom stereocenters. The van der Waals surface area contributed by atoms with E-state index in [9.17, 15) is 9.59 Å². The SMILES string of the molecule is CC(=O)Nc1cccc2c1ccn2CC(=O)Nc1ccccc1. The van der Waals surface area contributed by atoms with Gasteiger partial charge in [-0.05, 0) is 30.3 Å². The Kier molecular flexibility index (Phi) is 4.10. The van der Waals surface area contributed by atoms with Crippen molar-refractivity contribution in [2.75, 3.05) is 10.6 Å². The number of carbonyl (C=O) groups is 2. The lowest BCUT2D eigenvalue weighted by Crippen LogP contribution is -2.18. The maximum absolute atomic E-state index is 12.2. The van der Waals surface area contributed by atoms with Crippen molar-refractivity contribution in [1.29, 1.82) is 0 Å². The maximum Gasteiger partial charge on any atom is 0.244 e. The Morgan fingerprint density at radius 1 is 0.957 bits per heavy atom. The number of nitrogens with one attached hydrogen (secondary N) is 2. The highest BCUT2D eigenvalue weighted by Gasteiger charge is 2.09. The van der Waals surface area contributed by atoms with Gasteiger partial charge in [0, 0.05) is 24.2 Å². The van der Waals surface area contributed by atoms with Crippen LogP contribution in [-0.2, 0) is 16.1 Å². The van der Waals surface area contributed by atoms with E-state index in [1.54, 1.807) is 0 Å². The summed E-state index contributed by atoms with van der Waals surface area (Å²) in [6, 6.07) is 16.9. The van der Waals surface area contributed by atoms with Crippen LogP contribution in [0.2, 0.25) is 0 Å². The molecule has 5 heteroatoms. The zero-order valence-electron chi connectivity index (χ0n) is 12.7. The molecule has 0 saturated heterocycles. The van der Waals surface area contributed by atoms with Crippen LogP contribution in [-0.4, -0.2) is 16.4 Å². The third-order valence-corrected chi connectivity index (χ3v) is 3.50. The van der Waals surface area contributed by atoms with Gasteiger partial charge in [-0.2, -0.15) is 0 Å². The van der Waals surface area contributed by atoms with Crippen LogP contribution in [0.3, 0.4) is 0 Å². The number of para-hydroxylation sites is 1. The highest BCUT2D eigenvalue weighted by atomic mass is 16.2. The first-order chi connectivity index (χ1) is 11.1. The Bertz CT molecular complexity index is 853. The minimum absolute atomic E-state index is 0.0985. The molecular formula is C18H17N3O2. The van der Waals surface area contributed by atoms with Gasteiger partial charge in [-0.3, -0.25) is 9.59 Å². The Morgan fingerprint density at radius 2 is 1.74 bits per heavy atom. The molecule has 1 aromatic heterocycles. The summed E-state index contributed by atoms with van der Waals surface area (Å²) >= 11 is 0. The molecule has 5 nitrogen and oxygen atoms in total. The molecule has 2 amide bonds. The molecule has 0 aliphatic carbocycles. The summed E-state index contributed by atoms with van der Waals surface area (Å²) in [7, 11) is 0. The molecule has 2 N–H and O–H groups in total. The van der Waals surface area contributed by atoms with Gasteiger partial charge < -0.3 is 15.2 Å². The van der Waals surface area contributed by atoms with Gasteiger partial charge in [-0.25, -0.2) is 0 Å². The third-order valence-electron chi connectivity index (χ3n) is 3.50. The van der Waals surface area contributed by atoms with Crippen molar-refractivity contribution in [2.45, 2.75) is 13.5 Å². The van der Waals surface area contributed by atoms with Gasteiger partial charge in [0.2, 0.25) is 11.8 Å². The Morgan fingerprint density at radius 3 is 2.48 bits per heavy atom. The minimum Gasteiger partial charge on any atom is -0.338 e. The van der Waals surface area contributed by atoms with Gasteiger partial charge in [-0.1, -0.05) is 24.3 Å². The minimum atomic E-state index is -0.118. The number of aromatic nitrogens is 1. The van der Waals surface area contributed by atoms with E-state index in [-0.39, 0.29) is 18.4 Å². The number of amides is 2. The van der Waals surface area contributed by atoms with E-state index >= 15 is 0 Å². The van der Waals surface area contributed by atoms with Crippen LogP contribution in [0, 0.1) is 0 Å². The first kappa shape index (κ1) is 14.8. The quantitative estimate of drug-likeness (QED) is 0.777. The first-order valence-corrected chi connectivity index (χ1v) is 7.34. The van der Waals surface area contributed by atoms with E-state index in [0.29, 0.717) is 0 Å². The van der Waals surface area contributed by atoms with Crippen molar-refractivity contribution in [3.63, 3.8) is 0 Å². The number of fused-ring (bicyclic) bond motifs is 1. The number of nitrogens with zero attached hydrogens (tertiary/aromatic N) is 1. The van der Waals surface area contributed by atoms with Gasteiger partial charge in [0.25, 0.3) is 0 Å². The van der Waals surface area contributed by atoms with Gasteiger partial charge in [0.15, 0.2) is 0 Å². The monoisotopic (exact) mass is 307 g/mol. The predicted octanol–water partition coefficient (Wildman–Crippen LogP) is 3.24. The number of anilines is 2. The lowest BCUT2D eigenvalue weighted by molar-refractivity contribution is -0.116. The molecule has 116 valence electrons. The molecule has 3 aromatic rings. The number of hydrogen-bond donors (Lipinski definition) is 2. The van der Waals surface area contributed by atoms with E-state index in [2.05, 4.69) is 10.6 Å². The van der Waals surface area contributed by atoms with E-state index in [0.717, 1.165) is 22.3 Å². The molecule has 2 aromatic carbocycles. The average molecular weight is 307 g/mol. The Labute approximate surface area is 133 Å². The van der Waals surface area contributed by atoms with Crippen molar-refractivity contribution in [3.8, 4) is 0 Å². The highest BCUT2D eigenvalue weighted by Crippen LogP contribution is 2.24. The second-order valence-corrected chi connectivity index (χ2v) is 5.28. The topological polar surface area (TPSA) is 63.1 Å². The van der Waals surface area contributed by atoms with Crippen molar-refractivity contribution in [1.82, 2.24) is 4.57 Å². The summed E-state index contributed by atoms with van der Waals surface area (Å²) in [6.45, 7) is 1.69. The van der Waals surface area contributed by atoms with Crippen LogP contribution < -0.4 is 10.6 Å². The molecule has 0 unspecified atom stereocenters. The molecule has 0 fully saturated rings. The van der Waals surface area contributed by atoms with Crippen molar-refractivity contribution < 1.29 is 9.59 Å². The normalized spacial score (nSPS) is 10.5. The molecule has 0 aliphatic heterocycles. The molecule has 1 heterocycles.